The third-order valence-electron chi connectivity index (χ3n) is 6.60. The molecule has 1 aromatic heterocycles. The molecule has 0 radical (unpaired) electrons. The number of aromatic nitrogens is 1. The first-order valence-electron chi connectivity index (χ1n) is 11.8. The minimum atomic E-state index is -0.104. The molecule has 174 valence electrons. The number of hydrogen-bond donors (Lipinski definition) is 3. The molecular weight excluding hydrogens is 426 g/mol. The Bertz CT molecular complexity index is 1210. The van der Waals surface area contributed by atoms with Gasteiger partial charge in [-0.05, 0) is 79.0 Å². The van der Waals surface area contributed by atoms with Crippen LogP contribution >= 0.6 is 0 Å². The zero-order valence-electron chi connectivity index (χ0n) is 19.2. The third-order valence-corrected chi connectivity index (χ3v) is 6.60. The molecule has 1 amide bonds. The molecule has 0 bridgehead atoms. The number of nitrogen functional groups attached to an aromatic ring is 1. The molecule has 1 atom stereocenters. The van der Waals surface area contributed by atoms with Gasteiger partial charge in [0.1, 0.15) is 5.75 Å². The van der Waals surface area contributed by atoms with Gasteiger partial charge in [0.05, 0.1) is 12.2 Å². The van der Waals surface area contributed by atoms with Gasteiger partial charge < -0.3 is 15.8 Å². The van der Waals surface area contributed by atoms with E-state index in [-0.39, 0.29) is 11.9 Å². The van der Waals surface area contributed by atoms with E-state index < -0.39 is 0 Å². The molecule has 1 fully saturated rings. The zero-order valence-corrected chi connectivity index (χ0v) is 19.2. The summed E-state index contributed by atoms with van der Waals surface area (Å²) in [5.41, 5.74) is 11.8. The van der Waals surface area contributed by atoms with Gasteiger partial charge in [0.25, 0.3) is 5.91 Å². The van der Waals surface area contributed by atoms with Crippen molar-refractivity contribution in [2.45, 2.75) is 31.8 Å². The molecule has 3 aromatic rings. The van der Waals surface area contributed by atoms with Gasteiger partial charge in [0, 0.05) is 54.8 Å². The predicted molar refractivity (Wildman–Crippen MR) is 132 cm³/mol. The summed E-state index contributed by atoms with van der Waals surface area (Å²) in [5, 5.41) is 9.72. The van der Waals surface area contributed by atoms with Crippen LogP contribution in [0.25, 0.3) is 0 Å². The zero-order chi connectivity index (χ0) is 23.5. The molecule has 34 heavy (non-hydrogen) atoms. The van der Waals surface area contributed by atoms with Gasteiger partial charge in [-0.15, -0.1) is 0 Å². The SMILES string of the molecule is Nc1ccc(C(=O)N[C@@H]2CCCN(Cc3ccncc3)C2)cc1C(=[NH2+])c1ccc2c(c1)CCO2. The molecule has 5 rings (SSSR count). The summed E-state index contributed by atoms with van der Waals surface area (Å²) in [6.45, 7) is 3.40. The second-order valence-electron chi connectivity index (χ2n) is 9.04. The highest BCUT2D eigenvalue weighted by atomic mass is 16.5. The van der Waals surface area contributed by atoms with Gasteiger partial charge in [0.15, 0.2) is 0 Å². The lowest BCUT2D eigenvalue weighted by molar-refractivity contribution is -0.111. The van der Waals surface area contributed by atoms with Gasteiger partial charge in [-0.1, -0.05) is 0 Å². The second kappa shape index (κ2) is 9.65. The molecular formula is C27H30N5O2+. The number of amides is 1. The van der Waals surface area contributed by atoms with E-state index in [0.717, 1.165) is 55.8 Å². The molecule has 7 nitrogen and oxygen atoms in total. The number of benzene rings is 2. The van der Waals surface area contributed by atoms with Crippen LogP contribution in [-0.2, 0) is 13.0 Å². The molecule has 7 heteroatoms. The minimum Gasteiger partial charge on any atom is -0.493 e. The Morgan fingerprint density at radius 3 is 2.82 bits per heavy atom. The summed E-state index contributed by atoms with van der Waals surface area (Å²) >= 11 is 0. The van der Waals surface area contributed by atoms with Crippen molar-refractivity contribution in [2.24, 2.45) is 0 Å². The summed E-state index contributed by atoms with van der Waals surface area (Å²) in [6.07, 6.45) is 6.51. The Morgan fingerprint density at radius 1 is 1.15 bits per heavy atom. The van der Waals surface area contributed by atoms with E-state index in [9.17, 15) is 4.79 Å². The van der Waals surface area contributed by atoms with Gasteiger partial charge in [-0.3, -0.25) is 20.1 Å². The van der Waals surface area contributed by atoms with Crippen LogP contribution in [0.2, 0.25) is 0 Å². The fourth-order valence-corrected chi connectivity index (χ4v) is 4.77. The largest absolute Gasteiger partial charge is 0.493 e. The highest BCUT2D eigenvalue weighted by Crippen LogP contribution is 2.27. The number of pyridine rings is 1. The number of carbonyl (C=O) groups excluding carboxylic acids is 1. The van der Waals surface area contributed by atoms with E-state index in [1.54, 1.807) is 18.2 Å². The van der Waals surface area contributed by atoms with Gasteiger partial charge in [-0.2, -0.15) is 0 Å². The summed E-state index contributed by atoms with van der Waals surface area (Å²) in [5.74, 6) is 0.801. The number of hydrogen-bond acceptors (Lipinski definition) is 5. The van der Waals surface area contributed by atoms with E-state index in [2.05, 4.69) is 15.2 Å². The number of likely N-dealkylation sites (tertiary alicyclic amines) is 1. The molecule has 3 heterocycles. The smallest absolute Gasteiger partial charge is 0.251 e. The van der Waals surface area contributed by atoms with Crippen LogP contribution in [-0.4, -0.2) is 47.2 Å². The second-order valence-corrected chi connectivity index (χ2v) is 9.04. The number of nitrogens with one attached hydrogen (secondary N) is 1. The molecule has 0 aliphatic carbocycles. The van der Waals surface area contributed by atoms with Crippen LogP contribution in [0.5, 0.6) is 5.75 Å². The van der Waals surface area contributed by atoms with Gasteiger partial charge in [0.2, 0.25) is 5.71 Å². The molecule has 0 unspecified atom stereocenters. The van der Waals surface area contributed by atoms with Crippen LogP contribution in [0, 0.1) is 0 Å². The van der Waals surface area contributed by atoms with Gasteiger partial charge >= 0.3 is 0 Å². The van der Waals surface area contributed by atoms with Crippen LogP contribution in [0.15, 0.2) is 60.9 Å². The topological polar surface area (TPSA) is 106 Å². The van der Waals surface area contributed by atoms with Crippen molar-refractivity contribution in [1.29, 1.82) is 0 Å². The third kappa shape index (κ3) is 4.79. The van der Waals surface area contributed by atoms with Crippen LogP contribution in [0.3, 0.4) is 0 Å². The Labute approximate surface area is 199 Å². The highest BCUT2D eigenvalue weighted by Gasteiger charge is 2.24. The van der Waals surface area contributed by atoms with Gasteiger partial charge in [-0.25, -0.2) is 0 Å². The first-order valence-corrected chi connectivity index (χ1v) is 11.8. The summed E-state index contributed by atoms with van der Waals surface area (Å²) in [7, 11) is 0. The lowest BCUT2D eigenvalue weighted by Crippen LogP contribution is -2.47. The van der Waals surface area contributed by atoms with Crippen molar-refractivity contribution < 1.29 is 14.9 Å². The maximum absolute atomic E-state index is 13.1. The minimum absolute atomic E-state index is 0.0992. The summed E-state index contributed by atoms with van der Waals surface area (Å²) < 4.78 is 5.59. The number of nitrogens with zero attached hydrogens (tertiary/aromatic N) is 2. The lowest BCUT2D eigenvalue weighted by Gasteiger charge is -2.33. The Kier molecular flexibility index (Phi) is 6.27. The first-order chi connectivity index (χ1) is 16.6. The van der Waals surface area contributed by atoms with Crippen molar-refractivity contribution in [3.05, 3.63) is 88.7 Å². The molecule has 2 aliphatic heterocycles. The number of nitrogens with two attached hydrogens (primary N) is 2. The quantitative estimate of drug-likeness (QED) is 0.386. The molecule has 1 saturated heterocycles. The fraction of sp³-hybridized carbons (Fsp3) is 0.296. The van der Waals surface area contributed by atoms with E-state index in [1.807, 2.05) is 42.7 Å². The monoisotopic (exact) mass is 456 g/mol. The van der Waals surface area contributed by atoms with E-state index in [4.69, 9.17) is 15.9 Å². The van der Waals surface area contributed by atoms with Crippen molar-refractivity contribution in [3.63, 3.8) is 0 Å². The predicted octanol–water partition coefficient (Wildman–Crippen LogP) is 1.59. The molecule has 2 aromatic carbocycles. The number of fused-ring (bicyclic) bond motifs is 1. The summed E-state index contributed by atoms with van der Waals surface area (Å²) in [4.78, 5) is 19.6. The number of piperidine rings is 1. The van der Waals surface area contributed by atoms with Crippen LogP contribution in [0.4, 0.5) is 5.69 Å². The van der Waals surface area contributed by atoms with Crippen LogP contribution < -0.4 is 21.2 Å². The maximum atomic E-state index is 13.1. The fourth-order valence-electron chi connectivity index (χ4n) is 4.77. The van der Waals surface area contributed by atoms with Crippen LogP contribution in [0.1, 0.15) is 45.5 Å². The summed E-state index contributed by atoms with van der Waals surface area (Å²) in [6, 6.07) is 15.4. The van der Waals surface area contributed by atoms with Crippen molar-refractivity contribution in [3.8, 4) is 5.75 Å². The Balaban J connectivity index is 1.27. The first kappa shape index (κ1) is 22.1. The average Bonchev–Trinajstić information content (AvgIpc) is 3.33. The normalized spacial score (nSPS) is 17.6. The molecule has 2 aliphatic rings. The van der Waals surface area contributed by atoms with E-state index in [0.29, 0.717) is 29.1 Å². The van der Waals surface area contributed by atoms with E-state index >= 15 is 0 Å². The van der Waals surface area contributed by atoms with Crippen molar-refractivity contribution in [2.75, 3.05) is 25.4 Å². The molecule has 0 spiro atoms. The number of carbonyl (C=O) groups is 1. The molecule has 5 N–H and O–H groups in total. The van der Waals surface area contributed by atoms with E-state index in [1.165, 1.54) is 5.56 Å². The number of anilines is 1. The number of rotatable bonds is 6. The van der Waals surface area contributed by atoms with Crippen molar-refractivity contribution >= 4 is 17.3 Å². The highest BCUT2D eigenvalue weighted by molar-refractivity contribution is 6.13. The number of ether oxygens (including phenoxy) is 1. The Hall–Kier alpha value is -3.71. The lowest BCUT2D eigenvalue weighted by atomic mass is 9.96. The Morgan fingerprint density at radius 2 is 1.97 bits per heavy atom. The molecule has 0 saturated carbocycles. The standard InChI is InChI=1S/C27H29N5O2/c28-24-5-3-21(15-23(24)26(29)20-4-6-25-19(14-20)9-13-34-25)27(33)31-22-2-1-12-32(17-22)16-18-7-10-30-11-8-18/h3-8,10-11,14-15,22,29H,1-2,9,12-13,16-17,28H2,(H,31,33)/p+1/t22-/m1/s1. The maximum Gasteiger partial charge on any atom is 0.251 e. The average molecular weight is 457 g/mol. The van der Waals surface area contributed by atoms with Crippen molar-refractivity contribution in [1.82, 2.24) is 15.2 Å².